The molecule has 0 fully saturated rings. The minimum Gasteiger partial charge on any atom is -0.386 e. The Bertz CT molecular complexity index is 664. The van der Waals surface area contributed by atoms with Crippen molar-refractivity contribution in [2.75, 3.05) is 0 Å². The summed E-state index contributed by atoms with van der Waals surface area (Å²) in [6.45, 7) is 4.04. The number of imidazole rings is 1. The van der Waals surface area contributed by atoms with Crippen molar-refractivity contribution in [2.45, 2.75) is 26.4 Å². The molecule has 4 nitrogen and oxygen atoms in total. The number of hydrogen-bond donors (Lipinski definition) is 1. The van der Waals surface area contributed by atoms with Crippen molar-refractivity contribution in [1.29, 1.82) is 0 Å². The summed E-state index contributed by atoms with van der Waals surface area (Å²) in [4.78, 5) is 10.1. The van der Waals surface area contributed by atoms with Gasteiger partial charge in [-0.1, -0.05) is 6.07 Å². The molecule has 3 rings (SSSR count). The Hall–Kier alpha value is -1.72. The molecule has 0 aliphatic rings. The van der Waals surface area contributed by atoms with E-state index in [-0.39, 0.29) is 0 Å². The molecule has 0 aliphatic carbocycles. The minimum absolute atomic E-state index is 0.517. The molecule has 0 bridgehead atoms. The number of fused-ring (bicyclic) bond motifs is 1. The third-order valence-electron chi connectivity index (χ3n) is 3.16. The van der Waals surface area contributed by atoms with Gasteiger partial charge in [-0.3, -0.25) is 0 Å². The summed E-state index contributed by atoms with van der Waals surface area (Å²) in [6.07, 6.45) is 3.71. The first kappa shape index (κ1) is 12.3. The van der Waals surface area contributed by atoms with Crippen LogP contribution in [0.4, 0.5) is 0 Å². The van der Waals surface area contributed by atoms with E-state index in [4.69, 9.17) is 0 Å². The summed E-state index contributed by atoms with van der Waals surface area (Å²) in [6, 6.07) is 5.80. The van der Waals surface area contributed by atoms with Gasteiger partial charge in [-0.25, -0.2) is 9.97 Å². The average Bonchev–Trinajstić information content (AvgIpc) is 2.93. The number of hydrogen-bond acceptors (Lipinski definition) is 4. The van der Waals surface area contributed by atoms with E-state index in [1.54, 1.807) is 11.3 Å². The van der Waals surface area contributed by atoms with E-state index in [0.29, 0.717) is 12.1 Å². The van der Waals surface area contributed by atoms with Crippen molar-refractivity contribution in [3.63, 3.8) is 0 Å². The second-order valence-corrected chi connectivity index (χ2v) is 5.89. The number of aliphatic hydroxyl groups is 1. The molecule has 0 saturated carbocycles. The molecule has 0 aliphatic heterocycles. The van der Waals surface area contributed by atoms with E-state index >= 15 is 0 Å². The van der Waals surface area contributed by atoms with Gasteiger partial charge in [-0.2, -0.15) is 0 Å². The molecule has 0 aromatic carbocycles. The van der Waals surface area contributed by atoms with Gasteiger partial charge in [-0.05, 0) is 26.0 Å². The summed E-state index contributed by atoms with van der Waals surface area (Å²) in [7, 11) is 0. The molecular weight excluding hydrogens is 258 g/mol. The summed E-state index contributed by atoms with van der Waals surface area (Å²) < 4.78 is 1.91. The fraction of sp³-hybridized carbons (Fsp3) is 0.286. The van der Waals surface area contributed by atoms with E-state index in [9.17, 15) is 5.11 Å². The SMILES string of the molecule is Cc1nc(CC(O)c2cn3ccccc3n2)sc1C. The van der Waals surface area contributed by atoms with Gasteiger partial charge in [-0.15, -0.1) is 11.3 Å². The molecule has 19 heavy (non-hydrogen) atoms. The van der Waals surface area contributed by atoms with Gasteiger partial charge in [0.05, 0.1) is 16.4 Å². The normalized spacial score (nSPS) is 13.0. The highest BCUT2D eigenvalue weighted by Crippen LogP contribution is 2.23. The van der Waals surface area contributed by atoms with Crippen molar-refractivity contribution in [1.82, 2.24) is 14.4 Å². The first-order valence-corrected chi connectivity index (χ1v) is 7.00. The second-order valence-electron chi connectivity index (χ2n) is 4.60. The lowest BCUT2D eigenvalue weighted by Crippen LogP contribution is -2.01. The molecule has 0 amide bonds. The number of thiazole rings is 1. The molecule has 3 aromatic heterocycles. The predicted molar refractivity (Wildman–Crippen MR) is 75.4 cm³/mol. The molecule has 5 heteroatoms. The van der Waals surface area contributed by atoms with Crippen molar-refractivity contribution >= 4 is 17.0 Å². The Morgan fingerprint density at radius 1 is 1.32 bits per heavy atom. The lowest BCUT2D eigenvalue weighted by Gasteiger charge is -2.04. The van der Waals surface area contributed by atoms with E-state index in [1.807, 2.05) is 48.8 Å². The van der Waals surface area contributed by atoms with Crippen LogP contribution in [-0.2, 0) is 6.42 Å². The highest BCUT2D eigenvalue weighted by atomic mass is 32.1. The monoisotopic (exact) mass is 273 g/mol. The third-order valence-corrected chi connectivity index (χ3v) is 4.26. The van der Waals surface area contributed by atoms with E-state index < -0.39 is 6.10 Å². The zero-order valence-electron chi connectivity index (χ0n) is 10.9. The molecule has 3 aromatic rings. The van der Waals surface area contributed by atoms with E-state index in [2.05, 4.69) is 9.97 Å². The highest BCUT2D eigenvalue weighted by molar-refractivity contribution is 7.11. The van der Waals surface area contributed by atoms with Crippen LogP contribution in [0, 0.1) is 13.8 Å². The van der Waals surface area contributed by atoms with Gasteiger partial charge in [0, 0.05) is 23.7 Å². The van der Waals surface area contributed by atoms with Gasteiger partial charge in [0.1, 0.15) is 11.8 Å². The van der Waals surface area contributed by atoms with Crippen LogP contribution in [0.2, 0.25) is 0 Å². The lowest BCUT2D eigenvalue weighted by atomic mass is 10.2. The number of rotatable bonds is 3. The fourth-order valence-electron chi connectivity index (χ4n) is 2.01. The first-order valence-electron chi connectivity index (χ1n) is 6.18. The third kappa shape index (κ3) is 2.39. The first-order chi connectivity index (χ1) is 9.13. The van der Waals surface area contributed by atoms with Crippen LogP contribution in [0.1, 0.15) is 27.4 Å². The standard InChI is InChI=1S/C14H15N3OS/c1-9-10(2)19-14(15-9)7-12(18)11-8-17-6-4-3-5-13(17)16-11/h3-6,8,12,18H,7H2,1-2H3. The van der Waals surface area contributed by atoms with Crippen LogP contribution in [0.3, 0.4) is 0 Å². The largest absolute Gasteiger partial charge is 0.386 e. The van der Waals surface area contributed by atoms with Crippen LogP contribution >= 0.6 is 11.3 Å². The van der Waals surface area contributed by atoms with Crippen LogP contribution in [0.25, 0.3) is 5.65 Å². The van der Waals surface area contributed by atoms with E-state index in [1.165, 1.54) is 4.88 Å². The van der Waals surface area contributed by atoms with Crippen LogP contribution in [0.15, 0.2) is 30.6 Å². The topological polar surface area (TPSA) is 50.4 Å². The second kappa shape index (κ2) is 4.75. The summed E-state index contributed by atoms with van der Waals surface area (Å²) >= 11 is 1.64. The molecule has 98 valence electrons. The van der Waals surface area contributed by atoms with Crippen LogP contribution in [0.5, 0.6) is 0 Å². The van der Waals surface area contributed by atoms with Crippen LogP contribution in [-0.4, -0.2) is 19.5 Å². The maximum Gasteiger partial charge on any atom is 0.137 e. The molecule has 0 radical (unpaired) electrons. The minimum atomic E-state index is -0.607. The summed E-state index contributed by atoms with van der Waals surface area (Å²) in [5.74, 6) is 0. The number of aliphatic hydroxyl groups excluding tert-OH is 1. The number of aryl methyl sites for hydroxylation is 2. The molecular formula is C14H15N3OS. The quantitative estimate of drug-likeness (QED) is 0.798. The maximum atomic E-state index is 10.3. The zero-order valence-corrected chi connectivity index (χ0v) is 11.7. The summed E-state index contributed by atoms with van der Waals surface area (Å²) in [5.41, 5.74) is 2.59. The van der Waals surface area contributed by atoms with Crippen LogP contribution < -0.4 is 0 Å². The molecule has 1 N–H and O–H groups in total. The fourth-order valence-corrected chi connectivity index (χ4v) is 2.98. The van der Waals surface area contributed by atoms with Gasteiger partial charge in [0.25, 0.3) is 0 Å². The Morgan fingerprint density at radius 3 is 2.84 bits per heavy atom. The molecule has 3 heterocycles. The highest BCUT2D eigenvalue weighted by Gasteiger charge is 2.15. The zero-order chi connectivity index (χ0) is 13.4. The molecule has 1 unspecified atom stereocenters. The van der Waals surface area contributed by atoms with Crippen molar-refractivity contribution in [2.24, 2.45) is 0 Å². The molecule has 0 saturated heterocycles. The Labute approximate surface area is 115 Å². The summed E-state index contributed by atoms with van der Waals surface area (Å²) in [5, 5.41) is 11.2. The van der Waals surface area contributed by atoms with Gasteiger partial charge >= 0.3 is 0 Å². The molecule has 1 atom stereocenters. The Morgan fingerprint density at radius 2 is 2.16 bits per heavy atom. The smallest absolute Gasteiger partial charge is 0.137 e. The number of nitrogens with zero attached hydrogens (tertiary/aromatic N) is 3. The van der Waals surface area contributed by atoms with Crippen molar-refractivity contribution in [3.8, 4) is 0 Å². The Balaban J connectivity index is 1.85. The van der Waals surface area contributed by atoms with Crippen molar-refractivity contribution in [3.05, 3.63) is 51.9 Å². The van der Waals surface area contributed by atoms with Gasteiger partial charge in [0.2, 0.25) is 0 Å². The van der Waals surface area contributed by atoms with Gasteiger partial charge in [0.15, 0.2) is 0 Å². The van der Waals surface area contributed by atoms with Crippen molar-refractivity contribution < 1.29 is 5.11 Å². The average molecular weight is 273 g/mol. The maximum absolute atomic E-state index is 10.3. The number of pyridine rings is 1. The van der Waals surface area contributed by atoms with Gasteiger partial charge < -0.3 is 9.51 Å². The number of aromatic nitrogens is 3. The Kier molecular flexibility index (Phi) is 3.08. The molecule has 0 spiro atoms. The predicted octanol–water partition coefficient (Wildman–Crippen LogP) is 2.68. The van der Waals surface area contributed by atoms with E-state index in [0.717, 1.165) is 16.3 Å². The lowest BCUT2D eigenvalue weighted by molar-refractivity contribution is 0.174.